The summed E-state index contributed by atoms with van der Waals surface area (Å²) in [5, 5.41) is 11.5. The summed E-state index contributed by atoms with van der Waals surface area (Å²) in [4.78, 5) is 26.6. The minimum atomic E-state index is -0.944. The minimum absolute atomic E-state index is 0.0353. The van der Waals surface area contributed by atoms with E-state index in [0.717, 1.165) is 31.4 Å². The molecule has 1 fully saturated rings. The molecule has 0 unspecified atom stereocenters. The lowest BCUT2D eigenvalue weighted by atomic mass is 9.82. The normalized spacial score (nSPS) is 16.8. The SMILES string of the molecule is O=C(O)CCC(=O)NCC1(c2ccccn2)CCCC1. The topological polar surface area (TPSA) is 79.3 Å². The third-order valence-electron chi connectivity index (χ3n) is 3.96. The second kappa shape index (κ2) is 6.50. The van der Waals surface area contributed by atoms with Crippen LogP contribution in [0.4, 0.5) is 0 Å². The molecule has 0 spiro atoms. The summed E-state index contributed by atoms with van der Waals surface area (Å²) in [7, 11) is 0. The lowest BCUT2D eigenvalue weighted by Gasteiger charge is -2.28. The van der Waals surface area contributed by atoms with Gasteiger partial charge in [-0.1, -0.05) is 18.9 Å². The van der Waals surface area contributed by atoms with E-state index in [4.69, 9.17) is 5.11 Å². The van der Waals surface area contributed by atoms with Crippen LogP contribution in [0.3, 0.4) is 0 Å². The van der Waals surface area contributed by atoms with Crippen molar-refractivity contribution >= 4 is 11.9 Å². The molecule has 1 saturated carbocycles. The monoisotopic (exact) mass is 276 g/mol. The van der Waals surface area contributed by atoms with Crippen molar-refractivity contribution in [3.05, 3.63) is 30.1 Å². The summed E-state index contributed by atoms with van der Waals surface area (Å²) in [6.45, 7) is 0.544. The van der Waals surface area contributed by atoms with E-state index in [1.165, 1.54) is 0 Å². The zero-order chi connectivity index (χ0) is 14.4. The Labute approximate surface area is 118 Å². The molecule has 0 atom stereocenters. The van der Waals surface area contributed by atoms with Gasteiger partial charge < -0.3 is 10.4 Å². The molecular formula is C15H20N2O3. The number of carbonyl (C=O) groups is 2. The summed E-state index contributed by atoms with van der Waals surface area (Å²) < 4.78 is 0. The summed E-state index contributed by atoms with van der Waals surface area (Å²) in [5.41, 5.74) is 0.941. The third kappa shape index (κ3) is 3.56. The molecule has 0 bridgehead atoms. The van der Waals surface area contributed by atoms with Gasteiger partial charge in [-0.25, -0.2) is 0 Å². The molecule has 1 heterocycles. The van der Waals surface area contributed by atoms with Crippen molar-refractivity contribution in [2.45, 2.75) is 43.9 Å². The third-order valence-corrected chi connectivity index (χ3v) is 3.96. The van der Waals surface area contributed by atoms with Crippen LogP contribution >= 0.6 is 0 Å². The average Bonchev–Trinajstić information content (AvgIpc) is 2.94. The van der Waals surface area contributed by atoms with Crippen LogP contribution in [0.15, 0.2) is 24.4 Å². The van der Waals surface area contributed by atoms with Crippen LogP contribution in [0.5, 0.6) is 0 Å². The fourth-order valence-corrected chi connectivity index (χ4v) is 2.83. The Morgan fingerprint density at radius 2 is 2.00 bits per heavy atom. The molecule has 1 aliphatic carbocycles. The van der Waals surface area contributed by atoms with E-state index < -0.39 is 5.97 Å². The number of carboxylic acids is 1. The Balaban J connectivity index is 1.97. The molecule has 1 amide bonds. The van der Waals surface area contributed by atoms with E-state index in [1.54, 1.807) is 6.20 Å². The van der Waals surface area contributed by atoms with Crippen LogP contribution in [-0.2, 0) is 15.0 Å². The van der Waals surface area contributed by atoms with Crippen LogP contribution in [-0.4, -0.2) is 28.5 Å². The van der Waals surface area contributed by atoms with E-state index in [9.17, 15) is 9.59 Å². The first-order chi connectivity index (χ1) is 9.62. The zero-order valence-corrected chi connectivity index (χ0v) is 11.5. The van der Waals surface area contributed by atoms with Gasteiger partial charge in [0.05, 0.1) is 6.42 Å². The van der Waals surface area contributed by atoms with Crippen molar-refractivity contribution in [2.75, 3.05) is 6.54 Å². The molecule has 2 rings (SSSR count). The predicted molar refractivity (Wildman–Crippen MR) is 74.3 cm³/mol. The predicted octanol–water partition coefficient (Wildman–Crippen LogP) is 1.87. The van der Waals surface area contributed by atoms with Gasteiger partial charge >= 0.3 is 5.97 Å². The zero-order valence-electron chi connectivity index (χ0n) is 11.5. The molecule has 2 N–H and O–H groups in total. The molecule has 1 aromatic heterocycles. The molecular weight excluding hydrogens is 256 g/mol. The van der Waals surface area contributed by atoms with Gasteiger partial charge in [0, 0.05) is 30.3 Å². The molecule has 0 radical (unpaired) electrons. The standard InChI is InChI=1S/C15H20N2O3/c18-13(6-7-14(19)20)17-11-15(8-2-3-9-15)12-5-1-4-10-16-12/h1,4-5,10H,2-3,6-9,11H2,(H,17,18)(H,19,20). The first kappa shape index (κ1) is 14.5. The fourth-order valence-electron chi connectivity index (χ4n) is 2.83. The van der Waals surface area contributed by atoms with Crippen molar-refractivity contribution in [1.82, 2.24) is 10.3 Å². The Kier molecular flexibility index (Phi) is 4.71. The number of aromatic nitrogens is 1. The average molecular weight is 276 g/mol. The first-order valence-electron chi connectivity index (χ1n) is 7.02. The van der Waals surface area contributed by atoms with Gasteiger partial charge in [0.1, 0.15) is 0 Å². The van der Waals surface area contributed by atoms with Gasteiger partial charge in [-0.15, -0.1) is 0 Å². The van der Waals surface area contributed by atoms with Gasteiger partial charge in [0.2, 0.25) is 5.91 Å². The number of pyridine rings is 1. The number of hydrogen-bond donors (Lipinski definition) is 2. The molecule has 20 heavy (non-hydrogen) atoms. The molecule has 5 heteroatoms. The van der Waals surface area contributed by atoms with Gasteiger partial charge in [0.15, 0.2) is 0 Å². The summed E-state index contributed by atoms with van der Waals surface area (Å²) in [6.07, 6.45) is 6.01. The highest BCUT2D eigenvalue weighted by molar-refractivity contribution is 5.80. The Bertz CT molecular complexity index is 467. The van der Waals surface area contributed by atoms with Gasteiger partial charge in [-0.3, -0.25) is 14.6 Å². The van der Waals surface area contributed by atoms with Crippen molar-refractivity contribution in [3.63, 3.8) is 0 Å². The maximum absolute atomic E-state index is 11.7. The molecule has 5 nitrogen and oxygen atoms in total. The Morgan fingerprint density at radius 3 is 2.60 bits per heavy atom. The molecule has 0 aliphatic heterocycles. The van der Waals surface area contributed by atoms with Crippen LogP contribution < -0.4 is 5.32 Å². The smallest absolute Gasteiger partial charge is 0.303 e. The number of carbonyl (C=O) groups excluding carboxylic acids is 1. The number of carboxylic acid groups (broad SMARTS) is 1. The highest BCUT2D eigenvalue weighted by atomic mass is 16.4. The second-order valence-electron chi connectivity index (χ2n) is 5.37. The van der Waals surface area contributed by atoms with Crippen molar-refractivity contribution in [2.24, 2.45) is 0 Å². The summed E-state index contributed by atoms with van der Waals surface area (Å²) in [5.74, 6) is -1.14. The van der Waals surface area contributed by atoms with Gasteiger partial charge in [-0.2, -0.15) is 0 Å². The molecule has 108 valence electrons. The molecule has 1 aromatic rings. The molecule has 0 aromatic carbocycles. The van der Waals surface area contributed by atoms with Crippen LogP contribution in [0.25, 0.3) is 0 Å². The quantitative estimate of drug-likeness (QED) is 0.831. The van der Waals surface area contributed by atoms with Crippen molar-refractivity contribution in [1.29, 1.82) is 0 Å². The maximum atomic E-state index is 11.7. The minimum Gasteiger partial charge on any atom is -0.481 e. The van der Waals surface area contributed by atoms with Crippen LogP contribution in [0.1, 0.15) is 44.2 Å². The Morgan fingerprint density at radius 1 is 1.25 bits per heavy atom. The van der Waals surface area contributed by atoms with Crippen molar-refractivity contribution < 1.29 is 14.7 Å². The van der Waals surface area contributed by atoms with E-state index in [1.807, 2.05) is 18.2 Å². The molecule has 0 saturated heterocycles. The van der Waals surface area contributed by atoms with Crippen molar-refractivity contribution in [3.8, 4) is 0 Å². The second-order valence-corrected chi connectivity index (χ2v) is 5.37. The van der Waals surface area contributed by atoms with E-state index in [2.05, 4.69) is 10.3 Å². The number of aliphatic carboxylic acids is 1. The maximum Gasteiger partial charge on any atom is 0.303 e. The van der Waals surface area contributed by atoms with E-state index in [0.29, 0.717) is 6.54 Å². The number of rotatable bonds is 6. The largest absolute Gasteiger partial charge is 0.481 e. The number of nitrogens with one attached hydrogen (secondary N) is 1. The number of nitrogens with zero attached hydrogens (tertiary/aromatic N) is 1. The van der Waals surface area contributed by atoms with Gasteiger partial charge in [-0.05, 0) is 25.0 Å². The molecule has 1 aliphatic rings. The highest BCUT2D eigenvalue weighted by Crippen LogP contribution is 2.39. The summed E-state index contributed by atoms with van der Waals surface area (Å²) in [6, 6.07) is 5.86. The fraction of sp³-hybridized carbons (Fsp3) is 0.533. The van der Waals surface area contributed by atoms with E-state index in [-0.39, 0.29) is 24.2 Å². The van der Waals surface area contributed by atoms with Crippen LogP contribution in [0.2, 0.25) is 0 Å². The lowest BCUT2D eigenvalue weighted by Crippen LogP contribution is -2.39. The number of hydrogen-bond acceptors (Lipinski definition) is 3. The van der Waals surface area contributed by atoms with Gasteiger partial charge in [0.25, 0.3) is 0 Å². The van der Waals surface area contributed by atoms with Crippen LogP contribution in [0, 0.1) is 0 Å². The first-order valence-corrected chi connectivity index (χ1v) is 7.02. The number of amides is 1. The van der Waals surface area contributed by atoms with E-state index >= 15 is 0 Å². The lowest BCUT2D eigenvalue weighted by molar-refractivity contribution is -0.138. The Hall–Kier alpha value is -1.91. The highest BCUT2D eigenvalue weighted by Gasteiger charge is 2.36. The summed E-state index contributed by atoms with van der Waals surface area (Å²) >= 11 is 0.